The lowest BCUT2D eigenvalue weighted by atomic mass is 10.2. The van der Waals surface area contributed by atoms with Crippen molar-refractivity contribution in [1.29, 1.82) is 0 Å². The highest BCUT2D eigenvalue weighted by atomic mass is 16.7. The number of amidine groups is 1. The quantitative estimate of drug-likeness (QED) is 0.390. The molecule has 24 heavy (non-hydrogen) atoms. The Balaban J connectivity index is 1.99. The van der Waals surface area contributed by atoms with Crippen LogP contribution in [0.25, 0.3) is 0 Å². The van der Waals surface area contributed by atoms with Crippen LogP contribution in [0.3, 0.4) is 0 Å². The normalized spacial score (nSPS) is 18.4. The maximum Gasteiger partial charge on any atom is 0.411 e. The lowest BCUT2D eigenvalue weighted by Gasteiger charge is -2.27. The molecule has 2 heterocycles. The van der Waals surface area contributed by atoms with Crippen molar-refractivity contribution in [2.24, 2.45) is 10.9 Å². The van der Waals surface area contributed by atoms with Gasteiger partial charge in [0, 0.05) is 24.5 Å². The first kappa shape index (κ1) is 17.7. The Hall–Kier alpha value is -2.64. The molecule has 1 atom stereocenters. The molecule has 1 aromatic heterocycles. The number of amides is 1. The molecule has 0 saturated carbocycles. The fourth-order valence-electron chi connectivity index (χ4n) is 2.27. The molecular weight excluding hydrogens is 312 g/mol. The van der Waals surface area contributed by atoms with E-state index in [1.54, 1.807) is 39.1 Å². The van der Waals surface area contributed by atoms with E-state index in [9.17, 15) is 9.59 Å². The first-order valence-electron chi connectivity index (χ1n) is 7.72. The highest BCUT2D eigenvalue weighted by molar-refractivity contribution is 5.97. The highest BCUT2D eigenvalue weighted by Gasteiger charge is 2.38. The van der Waals surface area contributed by atoms with E-state index in [0.29, 0.717) is 24.9 Å². The van der Waals surface area contributed by atoms with Gasteiger partial charge in [-0.05, 0) is 45.7 Å². The number of carbonyl (C=O) groups excluding carboxylic acids is 2. The van der Waals surface area contributed by atoms with Crippen LogP contribution in [-0.2, 0) is 14.4 Å². The molecule has 1 aromatic rings. The maximum atomic E-state index is 12.2. The summed E-state index contributed by atoms with van der Waals surface area (Å²) < 4.78 is 5.31. The van der Waals surface area contributed by atoms with Gasteiger partial charge in [-0.3, -0.25) is 9.88 Å². The third kappa shape index (κ3) is 4.68. The fraction of sp³-hybridized carbons (Fsp3) is 0.500. The zero-order valence-electron chi connectivity index (χ0n) is 14.1. The van der Waals surface area contributed by atoms with Crippen molar-refractivity contribution in [1.82, 2.24) is 9.88 Å². The van der Waals surface area contributed by atoms with E-state index in [0.717, 1.165) is 0 Å². The smallest absolute Gasteiger partial charge is 0.411 e. The minimum atomic E-state index is -0.717. The third-order valence-corrected chi connectivity index (χ3v) is 3.34. The molecule has 1 saturated heterocycles. The van der Waals surface area contributed by atoms with E-state index in [-0.39, 0.29) is 5.84 Å². The number of pyridine rings is 1. The number of ether oxygens (including phenoxy) is 1. The van der Waals surface area contributed by atoms with Crippen LogP contribution >= 0.6 is 0 Å². The third-order valence-electron chi connectivity index (χ3n) is 3.34. The molecule has 0 radical (unpaired) electrons. The number of likely N-dealkylation sites (tertiary alicyclic amines) is 1. The van der Waals surface area contributed by atoms with Gasteiger partial charge in [0.15, 0.2) is 5.84 Å². The van der Waals surface area contributed by atoms with E-state index >= 15 is 0 Å². The summed E-state index contributed by atoms with van der Waals surface area (Å²) in [5, 5.41) is 3.63. The van der Waals surface area contributed by atoms with Crippen LogP contribution in [0.15, 0.2) is 29.7 Å². The van der Waals surface area contributed by atoms with Crippen LogP contribution in [0.1, 0.15) is 39.2 Å². The van der Waals surface area contributed by atoms with Crippen molar-refractivity contribution in [3.8, 4) is 0 Å². The summed E-state index contributed by atoms with van der Waals surface area (Å²) in [6.45, 7) is 5.75. The molecule has 2 N–H and O–H groups in total. The Morgan fingerprint density at radius 2 is 2.17 bits per heavy atom. The Morgan fingerprint density at radius 3 is 2.79 bits per heavy atom. The van der Waals surface area contributed by atoms with Crippen molar-refractivity contribution in [3.63, 3.8) is 0 Å². The standard InChI is InChI=1S/C16H22N4O4/c1-16(2,3)23-15(22)20-9-5-7-12(20)14(21)24-19-13(17)11-6-4-8-18-10-11/h4,6,8,10,12H,5,7,9H2,1-3H3,(H2,17,19)/t12-/m0/s1. The SMILES string of the molecule is CC(C)(C)OC(=O)N1CCC[C@H]1C(=O)O/N=C(\N)c1cccnc1. The first-order chi connectivity index (χ1) is 11.3. The van der Waals surface area contributed by atoms with Gasteiger partial charge in [0.2, 0.25) is 0 Å². The lowest BCUT2D eigenvalue weighted by molar-refractivity contribution is -0.148. The molecule has 0 aliphatic carbocycles. The summed E-state index contributed by atoms with van der Waals surface area (Å²) in [5.74, 6) is -0.594. The predicted octanol–water partition coefficient (Wildman–Crippen LogP) is 1.64. The minimum absolute atomic E-state index is 0.0401. The van der Waals surface area contributed by atoms with Gasteiger partial charge in [0.1, 0.15) is 11.6 Å². The van der Waals surface area contributed by atoms with Gasteiger partial charge in [-0.2, -0.15) is 0 Å². The van der Waals surface area contributed by atoms with Gasteiger partial charge >= 0.3 is 12.1 Å². The molecule has 1 amide bonds. The van der Waals surface area contributed by atoms with E-state index in [2.05, 4.69) is 10.1 Å². The molecule has 1 aliphatic rings. The van der Waals surface area contributed by atoms with E-state index in [1.807, 2.05) is 0 Å². The van der Waals surface area contributed by atoms with Gasteiger partial charge in [-0.15, -0.1) is 0 Å². The molecule has 8 heteroatoms. The monoisotopic (exact) mass is 334 g/mol. The van der Waals surface area contributed by atoms with E-state index < -0.39 is 23.7 Å². The van der Waals surface area contributed by atoms with E-state index in [1.165, 1.54) is 11.1 Å². The van der Waals surface area contributed by atoms with Crippen LogP contribution in [-0.4, -0.2) is 46.0 Å². The zero-order valence-corrected chi connectivity index (χ0v) is 14.1. The molecule has 130 valence electrons. The predicted molar refractivity (Wildman–Crippen MR) is 87.0 cm³/mol. The van der Waals surface area contributed by atoms with Crippen molar-refractivity contribution in [3.05, 3.63) is 30.1 Å². The summed E-state index contributed by atoms with van der Waals surface area (Å²) in [5.41, 5.74) is 5.66. The Kier molecular flexibility index (Phi) is 5.38. The van der Waals surface area contributed by atoms with Crippen LogP contribution in [0, 0.1) is 0 Å². The van der Waals surface area contributed by atoms with Crippen LogP contribution in [0.4, 0.5) is 4.79 Å². The van der Waals surface area contributed by atoms with E-state index in [4.69, 9.17) is 15.3 Å². The van der Waals surface area contributed by atoms with Gasteiger partial charge in [0.05, 0.1) is 0 Å². The molecule has 2 rings (SSSR count). The molecule has 0 bridgehead atoms. The molecule has 1 aliphatic heterocycles. The number of aromatic nitrogens is 1. The largest absolute Gasteiger partial charge is 0.444 e. The average molecular weight is 334 g/mol. The number of hydrogen-bond donors (Lipinski definition) is 1. The number of hydrogen-bond acceptors (Lipinski definition) is 6. The number of nitrogens with zero attached hydrogens (tertiary/aromatic N) is 3. The van der Waals surface area contributed by atoms with Crippen LogP contribution in [0.5, 0.6) is 0 Å². The minimum Gasteiger partial charge on any atom is -0.444 e. The van der Waals surface area contributed by atoms with Crippen LogP contribution < -0.4 is 5.73 Å². The number of nitrogens with two attached hydrogens (primary N) is 1. The van der Waals surface area contributed by atoms with Gasteiger partial charge in [-0.1, -0.05) is 5.16 Å². The summed E-state index contributed by atoms with van der Waals surface area (Å²) in [6, 6.07) is 2.67. The fourth-order valence-corrected chi connectivity index (χ4v) is 2.27. The first-order valence-corrected chi connectivity index (χ1v) is 7.72. The summed E-state index contributed by atoms with van der Waals surface area (Å²) >= 11 is 0. The summed E-state index contributed by atoms with van der Waals surface area (Å²) in [7, 11) is 0. The summed E-state index contributed by atoms with van der Waals surface area (Å²) in [4.78, 5) is 34.5. The molecule has 8 nitrogen and oxygen atoms in total. The topological polar surface area (TPSA) is 107 Å². The second kappa shape index (κ2) is 7.29. The van der Waals surface area contributed by atoms with Crippen molar-refractivity contribution in [2.45, 2.75) is 45.3 Å². The average Bonchev–Trinajstić information content (AvgIpc) is 3.01. The van der Waals surface area contributed by atoms with Gasteiger partial charge < -0.3 is 15.3 Å². The highest BCUT2D eigenvalue weighted by Crippen LogP contribution is 2.21. The van der Waals surface area contributed by atoms with Gasteiger partial charge in [-0.25, -0.2) is 9.59 Å². The van der Waals surface area contributed by atoms with Crippen LogP contribution in [0.2, 0.25) is 0 Å². The molecule has 0 aromatic carbocycles. The maximum absolute atomic E-state index is 12.2. The zero-order chi connectivity index (χ0) is 17.7. The number of oxime groups is 1. The molecule has 0 unspecified atom stereocenters. The Morgan fingerprint density at radius 1 is 1.42 bits per heavy atom. The summed E-state index contributed by atoms with van der Waals surface area (Å²) in [6.07, 6.45) is 3.77. The molecule has 0 spiro atoms. The second-order valence-corrected chi connectivity index (χ2v) is 6.46. The van der Waals surface area contributed by atoms with Gasteiger partial charge in [0.25, 0.3) is 0 Å². The number of carbonyl (C=O) groups is 2. The Labute approximate surface area is 140 Å². The van der Waals surface area contributed by atoms with Crippen molar-refractivity contribution >= 4 is 17.9 Å². The Bertz CT molecular complexity index is 625. The molecule has 1 fully saturated rings. The van der Waals surface area contributed by atoms with Crippen molar-refractivity contribution in [2.75, 3.05) is 6.54 Å². The second-order valence-electron chi connectivity index (χ2n) is 6.46. The molecular formula is C16H22N4O4. The van der Waals surface area contributed by atoms with Crippen molar-refractivity contribution < 1.29 is 19.2 Å². The number of rotatable bonds is 3. The lowest BCUT2D eigenvalue weighted by Crippen LogP contribution is -2.43.